The van der Waals surface area contributed by atoms with Gasteiger partial charge in [-0.25, -0.2) is 0 Å². The lowest BCUT2D eigenvalue weighted by Gasteiger charge is -2.23. The molecule has 1 saturated heterocycles. The zero-order valence-electron chi connectivity index (χ0n) is 12.0. The van der Waals surface area contributed by atoms with Gasteiger partial charge in [-0.05, 0) is 30.5 Å². The second kappa shape index (κ2) is 6.61. The van der Waals surface area contributed by atoms with Crippen molar-refractivity contribution in [1.29, 1.82) is 0 Å². The Morgan fingerprint density at radius 1 is 1.35 bits per heavy atom. The molecular formula is C15H21NO4. The zero-order valence-corrected chi connectivity index (χ0v) is 12.0. The number of benzene rings is 1. The maximum Gasteiger partial charge on any atom is 0.227 e. The average molecular weight is 279 g/mol. The predicted molar refractivity (Wildman–Crippen MR) is 75.1 cm³/mol. The molecule has 1 heterocycles. The van der Waals surface area contributed by atoms with Crippen LogP contribution in [0.2, 0.25) is 0 Å². The fourth-order valence-corrected chi connectivity index (χ4v) is 2.62. The van der Waals surface area contributed by atoms with Crippen molar-refractivity contribution < 1.29 is 19.4 Å². The first-order valence-electron chi connectivity index (χ1n) is 6.80. The van der Waals surface area contributed by atoms with Gasteiger partial charge in [0.25, 0.3) is 0 Å². The number of nitrogens with zero attached hydrogens (tertiary/aromatic N) is 1. The maximum absolute atomic E-state index is 12.3. The second-order valence-electron chi connectivity index (χ2n) is 4.93. The van der Waals surface area contributed by atoms with Crippen molar-refractivity contribution >= 4 is 5.91 Å². The van der Waals surface area contributed by atoms with Crippen LogP contribution in [0.1, 0.15) is 18.4 Å². The first kappa shape index (κ1) is 14.7. The van der Waals surface area contributed by atoms with E-state index < -0.39 is 0 Å². The molecule has 20 heavy (non-hydrogen) atoms. The molecule has 1 N–H and O–H groups in total. The van der Waals surface area contributed by atoms with E-state index in [1.54, 1.807) is 25.2 Å². The van der Waals surface area contributed by atoms with E-state index in [0.717, 1.165) is 24.9 Å². The molecular weight excluding hydrogens is 258 g/mol. The summed E-state index contributed by atoms with van der Waals surface area (Å²) in [6, 6.07) is 5.46. The van der Waals surface area contributed by atoms with E-state index in [9.17, 15) is 9.90 Å². The van der Waals surface area contributed by atoms with Crippen molar-refractivity contribution in [3.05, 3.63) is 23.8 Å². The summed E-state index contributed by atoms with van der Waals surface area (Å²) in [5.74, 6) is 1.32. The van der Waals surface area contributed by atoms with Crippen LogP contribution in [0, 0.1) is 0 Å². The van der Waals surface area contributed by atoms with Gasteiger partial charge in [0.2, 0.25) is 5.91 Å². The van der Waals surface area contributed by atoms with Crippen LogP contribution in [-0.2, 0) is 11.2 Å². The highest BCUT2D eigenvalue weighted by Gasteiger charge is 2.27. The van der Waals surface area contributed by atoms with E-state index in [4.69, 9.17) is 9.47 Å². The first-order valence-corrected chi connectivity index (χ1v) is 6.80. The van der Waals surface area contributed by atoms with Crippen molar-refractivity contribution in [1.82, 2.24) is 4.90 Å². The molecule has 0 radical (unpaired) electrons. The van der Waals surface area contributed by atoms with E-state index in [0.29, 0.717) is 17.9 Å². The Bertz CT molecular complexity index is 475. The quantitative estimate of drug-likeness (QED) is 0.880. The van der Waals surface area contributed by atoms with Gasteiger partial charge in [0.15, 0.2) is 11.5 Å². The number of aliphatic hydroxyl groups excluding tert-OH is 1. The minimum Gasteiger partial charge on any atom is -0.493 e. The highest BCUT2D eigenvalue weighted by molar-refractivity contribution is 5.79. The Morgan fingerprint density at radius 2 is 2.10 bits per heavy atom. The fraction of sp³-hybridized carbons (Fsp3) is 0.533. The van der Waals surface area contributed by atoms with E-state index >= 15 is 0 Å². The van der Waals surface area contributed by atoms with Gasteiger partial charge < -0.3 is 19.5 Å². The molecule has 1 aromatic carbocycles. The Kier molecular flexibility index (Phi) is 4.84. The largest absolute Gasteiger partial charge is 0.493 e. The Hall–Kier alpha value is -1.75. The molecule has 0 spiro atoms. The molecule has 1 unspecified atom stereocenters. The first-order chi connectivity index (χ1) is 9.69. The van der Waals surface area contributed by atoms with Crippen LogP contribution < -0.4 is 9.47 Å². The van der Waals surface area contributed by atoms with Gasteiger partial charge in [-0.2, -0.15) is 0 Å². The van der Waals surface area contributed by atoms with Crippen LogP contribution in [0.4, 0.5) is 0 Å². The molecule has 0 saturated carbocycles. The molecule has 2 rings (SSSR count). The summed E-state index contributed by atoms with van der Waals surface area (Å²) >= 11 is 0. The van der Waals surface area contributed by atoms with Crippen molar-refractivity contribution in [2.24, 2.45) is 0 Å². The van der Waals surface area contributed by atoms with Crippen LogP contribution >= 0.6 is 0 Å². The number of hydrogen-bond donors (Lipinski definition) is 1. The van der Waals surface area contributed by atoms with E-state index in [-0.39, 0.29) is 18.6 Å². The number of hydrogen-bond acceptors (Lipinski definition) is 4. The van der Waals surface area contributed by atoms with Crippen molar-refractivity contribution in [2.75, 3.05) is 27.4 Å². The molecule has 1 aromatic rings. The van der Waals surface area contributed by atoms with Crippen LogP contribution in [0.15, 0.2) is 18.2 Å². The minimum atomic E-state index is -0.0253. The number of carbonyl (C=O) groups is 1. The number of amides is 1. The Morgan fingerprint density at radius 3 is 2.75 bits per heavy atom. The topological polar surface area (TPSA) is 59.0 Å². The fourth-order valence-electron chi connectivity index (χ4n) is 2.62. The number of methoxy groups -OCH3 is 2. The number of carbonyl (C=O) groups excluding carboxylic acids is 1. The molecule has 1 aliphatic heterocycles. The summed E-state index contributed by atoms with van der Waals surface area (Å²) in [5.41, 5.74) is 0.885. The Labute approximate surface area is 119 Å². The molecule has 1 aliphatic rings. The lowest BCUT2D eigenvalue weighted by atomic mass is 10.1. The smallest absolute Gasteiger partial charge is 0.227 e. The summed E-state index contributed by atoms with van der Waals surface area (Å²) in [6.07, 6.45) is 2.16. The maximum atomic E-state index is 12.3. The Balaban J connectivity index is 2.07. The summed E-state index contributed by atoms with van der Waals surface area (Å²) in [6.45, 7) is 0.773. The lowest BCUT2D eigenvalue weighted by Crippen LogP contribution is -2.38. The van der Waals surface area contributed by atoms with Crippen LogP contribution in [0.5, 0.6) is 11.5 Å². The van der Waals surface area contributed by atoms with E-state index in [1.165, 1.54) is 0 Å². The molecule has 0 aromatic heterocycles. The summed E-state index contributed by atoms with van der Waals surface area (Å²) in [7, 11) is 3.16. The van der Waals surface area contributed by atoms with Gasteiger partial charge >= 0.3 is 0 Å². The van der Waals surface area contributed by atoms with E-state index in [2.05, 4.69) is 0 Å². The number of likely N-dealkylation sites (tertiary alicyclic amines) is 1. The van der Waals surface area contributed by atoms with E-state index in [1.807, 2.05) is 12.1 Å². The van der Waals surface area contributed by atoms with Gasteiger partial charge in [0.1, 0.15) is 0 Å². The third-order valence-electron chi connectivity index (χ3n) is 3.71. The second-order valence-corrected chi connectivity index (χ2v) is 4.93. The zero-order chi connectivity index (χ0) is 14.5. The highest BCUT2D eigenvalue weighted by Crippen LogP contribution is 2.28. The number of ether oxygens (including phenoxy) is 2. The monoisotopic (exact) mass is 279 g/mol. The highest BCUT2D eigenvalue weighted by atomic mass is 16.5. The molecule has 110 valence electrons. The predicted octanol–water partition coefficient (Wildman–Crippen LogP) is 1.23. The molecule has 5 nitrogen and oxygen atoms in total. The van der Waals surface area contributed by atoms with Gasteiger partial charge in [-0.15, -0.1) is 0 Å². The molecule has 0 aliphatic carbocycles. The standard InChI is InChI=1S/C15H21NO4/c1-19-13-6-5-11(8-14(13)20-2)9-15(18)16-7-3-4-12(16)10-17/h5-6,8,12,17H,3-4,7,9-10H2,1-2H3. The summed E-state index contributed by atoms with van der Waals surface area (Å²) < 4.78 is 10.4. The van der Waals surface area contributed by atoms with Gasteiger partial charge in [-0.1, -0.05) is 6.07 Å². The van der Waals surface area contributed by atoms with Gasteiger partial charge in [0.05, 0.1) is 33.3 Å². The van der Waals surface area contributed by atoms with Gasteiger partial charge in [-0.3, -0.25) is 4.79 Å². The van der Waals surface area contributed by atoms with Crippen molar-refractivity contribution in [2.45, 2.75) is 25.3 Å². The van der Waals surface area contributed by atoms with Crippen LogP contribution in [0.25, 0.3) is 0 Å². The number of rotatable bonds is 5. The molecule has 1 amide bonds. The SMILES string of the molecule is COc1ccc(CC(=O)N2CCCC2CO)cc1OC. The number of aliphatic hydroxyl groups is 1. The van der Waals surface area contributed by atoms with Crippen LogP contribution in [-0.4, -0.2) is 49.3 Å². The minimum absolute atomic E-state index is 0.0253. The van der Waals surface area contributed by atoms with Crippen molar-refractivity contribution in [3.8, 4) is 11.5 Å². The molecule has 0 bridgehead atoms. The normalized spacial score (nSPS) is 18.1. The third kappa shape index (κ3) is 3.04. The lowest BCUT2D eigenvalue weighted by molar-refractivity contribution is -0.131. The van der Waals surface area contributed by atoms with Crippen LogP contribution in [0.3, 0.4) is 0 Å². The molecule has 1 fully saturated rings. The molecule has 5 heteroatoms. The average Bonchev–Trinajstić information content (AvgIpc) is 2.95. The summed E-state index contributed by atoms with van der Waals surface area (Å²) in [5, 5.41) is 9.27. The summed E-state index contributed by atoms with van der Waals surface area (Å²) in [4.78, 5) is 14.1. The van der Waals surface area contributed by atoms with Crippen molar-refractivity contribution in [3.63, 3.8) is 0 Å². The third-order valence-corrected chi connectivity index (χ3v) is 3.71. The van der Waals surface area contributed by atoms with Gasteiger partial charge in [0, 0.05) is 6.54 Å². The molecule has 1 atom stereocenters.